The normalized spacial score (nSPS) is 16.0. The molecule has 2 N–H and O–H groups in total. The molecular weight excluding hydrogens is 372 g/mol. The Bertz CT molecular complexity index is 702. The van der Waals surface area contributed by atoms with Crippen LogP contribution in [0, 0.1) is 0 Å². The third-order valence-electron chi connectivity index (χ3n) is 4.61. The van der Waals surface area contributed by atoms with Crippen LogP contribution in [-0.2, 0) is 9.59 Å². The number of rotatable bonds is 7. The zero-order chi connectivity index (χ0) is 21.4. The molecule has 0 atom stereocenters. The predicted molar refractivity (Wildman–Crippen MR) is 114 cm³/mol. The van der Waals surface area contributed by atoms with Gasteiger partial charge in [-0.1, -0.05) is 0 Å². The number of hydrogen-bond donors (Lipinski definition) is 2. The zero-order valence-electron chi connectivity index (χ0n) is 18.2. The summed E-state index contributed by atoms with van der Waals surface area (Å²) in [7, 11) is 3.14. The number of carbonyl (C=O) groups is 2. The van der Waals surface area contributed by atoms with Gasteiger partial charge >= 0.3 is 0 Å². The van der Waals surface area contributed by atoms with Crippen molar-refractivity contribution in [3.8, 4) is 11.5 Å². The number of methoxy groups -OCH3 is 2. The van der Waals surface area contributed by atoms with Crippen LogP contribution in [0.15, 0.2) is 18.2 Å². The van der Waals surface area contributed by atoms with E-state index in [1.54, 1.807) is 32.4 Å². The fourth-order valence-corrected chi connectivity index (χ4v) is 3.30. The molecule has 8 nitrogen and oxygen atoms in total. The highest BCUT2D eigenvalue weighted by molar-refractivity contribution is 5.93. The molecule has 1 aliphatic heterocycles. The number of hydrogen-bond acceptors (Lipinski definition) is 6. The van der Waals surface area contributed by atoms with E-state index in [2.05, 4.69) is 20.4 Å². The van der Waals surface area contributed by atoms with E-state index in [0.29, 0.717) is 30.3 Å². The molecule has 0 unspecified atom stereocenters. The van der Waals surface area contributed by atoms with E-state index in [1.165, 1.54) is 0 Å². The molecule has 1 aromatic carbocycles. The maximum atomic E-state index is 12.5. The number of amides is 2. The Morgan fingerprint density at radius 1 is 0.966 bits per heavy atom. The molecule has 0 aromatic heterocycles. The standard InChI is InChI=1S/C21H34N4O4/c1-21(2,3)23-20(27)15-25-10-6-9-24(11-12-25)14-19(26)22-17-8-7-16(28-4)13-18(17)29-5/h7-8,13H,6,9-12,14-15H2,1-5H3,(H,22,26)(H,23,27). The van der Waals surface area contributed by atoms with Crippen LogP contribution in [0.3, 0.4) is 0 Å². The number of carbonyl (C=O) groups excluding carboxylic acids is 2. The van der Waals surface area contributed by atoms with Crippen LogP contribution in [-0.4, -0.2) is 80.6 Å². The lowest BCUT2D eigenvalue weighted by molar-refractivity contribution is -0.123. The Hall–Kier alpha value is -2.32. The molecule has 1 aliphatic rings. The fraction of sp³-hybridized carbons (Fsp3) is 0.619. The van der Waals surface area contributed by atoms with Gasteiger partial charge in [0.1, 0.15) is 11.5 Å². The third-order valence-corrected chi connectivity index (χ3v) is 4.61. The SMILES string of the molecule is COc1ccc(NC(=O)CN2CCCN(CC(=O)NC(C)(C)C)CC2)c(OC)c1. The number of ether oxygens (including phenoxy) is 2. The predicted octanol–water partition coefficient (Wildman–Crippen LogP) is 1.56. The smallest absolute Gasteiger partial charge is 0.238 e. The Balaban J connectivity index is 1.84. The van der Waals surface area contributed by atoms with Crippen molar-refractivity contribution in [1.82, 2.24) is 15.1 Å². The lowest BCUT2D eigenvalue weighted by Crippen LogP contribution is -2.46. The lowest BCUT2D eigenvalue weighted by atomic mass is 10.1. The van der Waals surface area contributed by atoms with Crippen molar-refractivity contribution in [3.05, 3.63) is 18.2 Å². The van der Waals surface area contributed by atoms with E-state index >= 15 is 0 Å². The summed E-state index contributed by atoms with van der Waals surface area (Å²) in [5, 5.41) is 5.91. The van der Waals surface area contributed by atoms with Crippen LogP contribution in [0.2, 0.25) is 0 Å². The second-order valence-electron chi connectivity index (χ2n) is 8.32. The number of nitrogens with zero attached hydrogens (tertiary/aromatic N) is 2. The van der Waals surface area contributed by atoms with E-state index < -0.39 is 0 Å². The van der Waals surface area contributed by atoms with Crippen molar-refractivity contribution in [3.63, 3.8) is 0 Å². The van der Waals surface area contributed by atoms with E-state index in [1.807, 2.05) is 20.8 Å². The molecule has 1 fully saturated rings. The first-order valence-electron chi connectivity index (χ1n) is 9.98. The highest BCUT2D eigenvalue weighted by atomic mass is 16.5. The summed E-state index contributed by atoms with van der Waals surface area (Å²) in [6.07, 6.45) is 0.919. The number of anilines is 1. The summed E-state index contributed by atoms with van der Waals surface area (Å²) >= 11 is 0. The van der Waals surface area contributed by atoms with Crippen LogP contribution in [0.1, 0.15) is 27.2 Å². The quantitative estimate of drug-likeness (QED) is 0.715. The van der Waals surface area contributed by atoms with Crippen molar-refractivity contribution >= 4 is 17.5 Å². The van der Waals surface area contributed by atoms with Gasteiger partial charge in [0.15, 0.2) is 0 Å². The Labute approximate surface area is 173 Å². The molecule has 0 spiro atoms. The van der Waals surface area contributed by atoms with Crippen LogP contribution in [0.25, 0.3) is 0 Å². The largest absolute Gasteiger partial charge is 0.497 e. The summed E-state index contributed by atoms with van der Waals surface area (Å²) in [4.78, 5) is 28.9. The van der Waals surface area contributed by atoms with Gasteiger partial charge in [-0.05, 0) is 52.4 Å². The van der Waals surface area contributed by atoms with E-state index in [4.69, 9.17) is 9.47 Å². The van der Waals surface area contributed by atoms with Gasteiger partial charge in [-0.3, -0.25) is 19.4 Å². The van der Waals surface area contributed by atoms with Gasteiger partial charge in [-0.25, -0.2) is 0 Å². The zero-order valence-corrected chi connectivity index (χ0v) is 18.2. The molecule has 0 bridgehead atoms. The molecule has 1 saturated heterocycles. The van der Waals surface area contributed by atoms with Gasteiger partial charge in [0, 0.05) is 24.7 Å². The molecule has 162 valence electrons. The van der Waals surface area contributed by atoms with Gasteiger partial charge in [0.25, 0.3) is 0 Å². The van der Waals surface area contributed by atoms with E-state index in [-0.39, 0.29) is 17.4 Å². The molecule has 8 heteroatoms. The first-order valence-corrected chi connectivity index (χ1v) is 9.98. The first-order chi connectivity index (χ1) is 13.7. The summed E-state index contributed by atoms with van der Waals surface area (Å²) in [6, 6.07) is 5.29. The highest BCUT2D eigenvalue weighted by Gasteiger charge is 2.21. The van der Waals surface area contributed by atoms with Crippen molar-refractivity contribution in [2.24, 2.45) is 0 Å². The second-order valence-corrected chi connectivity index (χ2v) is 8.32. The van der Waals surface area contributed by atoms with E-state index in [0.717, 1.165) is 32.6 Å². The van der Waals surface area contributed by atoms with Crippen LogP contribution in [0.5, 0.6) is 11.5 Å². The molecule has 0 aliphatic carbocycles. The number of benzene rings is 1. The van der Waals surface area contributed by atoms with Gasteiger partial charge in [0.2, 0.25) is 11.8 Å². The van der Waals surface area contributed by atoms with E-state index in [9.17, 15) is 9.59 Å². The van der Waals surface area contributed by atoms with Gasteiger partial charge in [-0.15, -0.1) is 0 Å². The average Bonchev–Trinajstić information content (AvgIpc) is 2.85. The van der Waals surface area contributed by atoms with Crippen molar-refractivity contribution in [2.45, 2.75) is 32.7 Å². The maximum absolute atomic E-state index is 12.5. The fourth-order valence-electron chi connectivity index (χ4n) is 3.30. The molecule has 29 heavy (non-hydrogen) atoms. The minimum absolute atomic E-state index is 0.0373. The van der Waals surface area contributed by atoms with Gasteiger partial charge in [0.05, 0.1) is 33.0 Å². The number of nitrogens with one attached hydrogen (secondary N) is 2. The summed E-state index contributed by atoms with van der Waals surface area (Å²) < 4.78 is 10.5. The first kappa shape index (κ1) is 23.0. The average molecular weight is 407 g/mol. The monoisotopic (exact) mass is 406 g/mol. The second kappa shape index (κ2) is 10.5. The van der Waals surface area contributed by atoms with Crippen molar-refractivity contribution in [2.75, 3.05) is 58.8 Å². The Kier molecular flexibility index (Phi) is 8.28. The minimum atomic E-state index is -0.227. The molecule has 1 aromatic rings. The summed E-state index contributed by atoms with van der Waals surface area (Å²) in [5.74, 6) is 1.18. The van der Waals surface area contributed by atoms with Crippen molar-refractivity contribution < 1.29 is 19.1 Å². The van der Waals surface area contributed by atoms with Crippen LogP contribution in [0.4, 0.5) is 5.69 Å². The molecule has 2 amide bonds. The summed E-state index contributed by atoms with van der Waals surface area (Å²) in [5.41, 5.74) is 0.392. The van der Waals surface area contributed by atoms with Gasteiger partial charge in [-0.2, -0.15) is 0 Å². The Morgan fingerprint density at radius 3 is 2.14 bits per heavy atom. The molecular formula is C21H34N4O4. The molecule has 0 radical (unpaired) electrons. The minimum Gasteiger partial charge on any atom is -0.497 e. The van der Waals surface area contributed by atoms with Crippen LogP contribution < -0.4 is 20.1 Å². The third kappa shape index (κ3) is 7.91. The highest BCUT2D eigenvalue weighted by Crippen LogP contribution is 2.28. The maximum Gasteiger partial charge on any atom is 0.238 e. The lowest BCUT2D eigenvalue weighted by Gasteiger charge is -2.25. The molecule has 0 saturated carbocycles. The topological polar surface area (TPSA) is 83.1 Å². The Morgan fingerprint density at radius 2 is 1.59 bits per heavy atom. The summed E-state index contributed by atoms with van der Waals surface area (Å²) in [6.45, 7) is 9.80. The van der Waals surface area contributed by atoms with Crippen LogP contribution >= 0.6 is 0 Å². The van der Waals surface area contributed by atoms with Crippen molar-refractivity contribution in [1.29, 1.82) is 0 Å². The molecule has 2 rings (SSSR count). The molecule has 1 heterocycles. The van der Waals surface area contributed by atoms with Gasteiger partial charge < -0.3 is 20.1 Å².